The SMILES string of the molecule is COc1ncccc1NC(=O)C(F)(F)C(F)(F)F. The highest BCUT2D eigenvalue weighted by molar-refractivity contribution is 5.97. The zero-order valence-corrected chi connectivity index (χ0v) is 8.89. The van der Waals surface area contributed by atoms with Crippen LogP contribution < -0.4 is 10.1 Å². The van der Waals surface area contributed by atoms with Crippen LogP contribution in [0.15, 0.2) is 18.3 Å². The van der Waals surface area contributed by atoms with Crippen LogP contribution in [0.2, 0.25) is 0 Å². The Morgan fingerprint density at radius 3 is 2.44 bits per heavy atom. The first-order valence-corrected chi connectivity index (χ1v) is 4.45. The van der Waals surface area contributed by atoms with Crippen molar-refractivity contribution in [2.45, 2.75) is 12.1 Å². The molecule has 1 amide bonds. The molecule has 0 unspecified atom stereocenters. The van der Waals surface area contributed by atoms with Crippen molar-refractivity contribution in [2.24, 2.45) is 0 Å². The zero-order chi connectivity index (χ0) is 14.0. The standard InChI is InChI=1S/C9H7F5N2O2/c1-18-6-5(3-2-4-15-6)16-7(17)8(10,11)9(12,13)14/h2-4H,1H3,(H,16,17). The van der Waals surface area contributed by atoms with Gasteiger partial charge in [0.1, 0.15) is 5.69 Å². The minimum atomic E-state index is -5.97. The van der Waals surface area contributed by atoms with E-state index >= 15 is 0 Å². The second-order valence-corrected chi connectivity index (χ2v) is 3.09. The second kappa shape index (κ2) is 4.75. The van der Waals surface area contributed by atoms with Crippen LogP contribution in [0.25, 0.3) is 0 Å². The number of ether oxygens (including phenoxy) is 1. The lowest BCUT2D eigenvalue weighted by Crippen LogP contribution is -2.47. The van der Waals surface area contributed by atoms with E-state index in [1.54, 1.807) is 0 Å². The number of aromatic nitrogens is 1. The average Bonchev–Trinajstić information content (AvgIpc) is 2.28. The molecule has 0 fully saturated rings. The number of carbonyl (C=O) groups excluding carboxylic acids is 1. The molecule has 9 heteroatoms. The van der Waals surface area contributed by atoms with Crippen molar-refractivity contribution >= 4 is 11.6 Å². The third kappa shape index (κ3) is 2.66. The number of alkyl halides is 5. The predicted molar refractivity (Wildman–Crippen MR) is 50.4 cm³/mol. The molecule has 0 aliphatic heterocycles. The van der Waals surface area contributed by atoms with Crippen molar-refractivity contribution in [1.82, 2.24) is 4.98 Å². The van der Waals surface area contributed by atoms with Gasteiger partial charge in [-0.2, -0.15) is 22.0 Å². The molecule has 1 N–H and O–H groups in total. The fraction of sp³-hybridized carbons (Fsp3) is 0.333. The van der Waals surface area contributed by atoms with Crippen LogP contribution in [-0.2, 0) is 4.79 Å². The van der Waals surface area contributed by atoms with Crippen LogP contribution in [0.4, 0.5) is 27.6 Å². The molecule has 100 valence electrons. The number of nitrogens with one attached hydrogen (secondary N) is 1. The summed E-state index contributed by atoms with van der Waals surface area (Å²) in [5.41, 5.74) is -0.381. The summed E-state index contributed by atoms with van der Waals surface area (Å²) in [6.45, 7) is 0. The lowest BCUT2D eigenvalue weighted by Gasteiger charge is -2.19. The number of carbonyl (C=O) groups is 1. The Morgan fingerprint density at radius 1 is 1.33 bits per heavy atom. The Kier molecular flexibility index (Phi) is 3.73. The van der Waals surface area contributed by atoms with E-state index in [-0.39, 0.29) is 11.6 Å². The van der Waals surface area contributed by atoms with Crippen LogP contribution in [0.3, 0.4) is 0 Å². The fourth-order valence-corrected chi connectivity index (χ4v) is 0.978. The molecule has 0 aliphatic rings. The average molecular weight is 270 g/mol. The number of nitrogens with zero attached hydrogens (tertiary/aromatic N) is 1. The largest absolute Gasteiger partial charge is 0.480 e. The Balaban J connectivity index is 2.95. The summed E-state index contributed by atoms with van der Waals surface area (Å²) < 4.78 is 65.6. The van der Waals surface area contributed by atoms with Crippen molar-refractivity contribution in [3.05, 3.63) is 18.3 Å². The number of pyridine rings is 1. The van der Waals surface area contributed by atoms with Gasteiger partial charge >= 0.3 is 18.0 Å². The van der Waals surface area contributed by atoms with E-state index in [9.17, 15) is 26.7 Å². The maximum absolute atomic E-state index is 12.6. The molecule has 0 saturated carbocycles. The summed E-state index contributed by atoms with van der Waals surface area (Å²) in [7, 11) is 1.12. The summed E-state index contributed by atoms with van der Waals surface area (Å²) in [4.78, 5) is 14.4. The van der Waals surface area contributed by atoms with Crippen LogP contribution >= 0.6 is 0 Å². The summed E-state index contributed by atoms with van der Waals surface area (Å²) in [6, 6.07) is 2.32. The highest BCUT2D eigenvalue weighted by Gasteiger charge is 2.63. The maximum atomic E-state index is 12.6. The lowest BCUT2D eigenvalue weighted by molar-refractivity contribution is -0.267. The molecule has 4 nitrogen and oxygen atoms in total. The van der Waals surface area contributed by atoms with Gasteiger partial charge in [-0.15, -0.1) is 0 Å². The molecule has 0 saturated heterocycles. The highest BCUT2D eigenvalue weighted by Crippen LogP contribution is 2.36. The van der Waals surface area contributed by atoms with Crippen molar-refractivity contribution in [3.8, 4) is 5.88 Å². The van der Waals surface area contributed by atoms with E-state index in [1.807, 2.05) is 0 Å². The minimum absolute atomic E-state index is 0.274. The first-order valence-electron chi connectivity index (χ1n) is 4.45. The number of methoxy groups -OCH3 is 1. The maximum Gasteiger partial charge on any atom is 0.463 e. The summed E-state index contributed by atoms with van der Waals surface area (Å²) in [6.07, 6.45) is -4.75. The topological polar surface area (TPSA) is 51.2 Å². The van der Waals surface area contributed by atoms with Crippen LogP contribution in [0.5, 0.6) is 5.88 Å². The van der Waals surface area contributed by atoms with Crippen molar-refractivity contribution < 1.29 is 31.5 Å². The molecule has 1 aromatic rings. The number of rotatable bonds is 3. The number of halogens is 5. The van der Waals surface area contributed by atoms with Gasteiger partial charge < -0.3 is 10.1 Å². The van der Waals surface area contributed by atoms with E-state index in [0.717, 1.165) is 13.2 Å². The first-order chi connectivity index (χ1) is 8.20. The molecular weight excluding hydrogens is 263 g/mol. The molecule has 1 rings (SSSR count). The van der Waals surface area contributed by atoms with Gasteiger partial charge in [0.05, 0.1) is 7.11 Å². The molecule has 0 radical (unpaired) electrons. The van der Waals surface area contributed by atoms with Gasteiger partial charge in [-0.05, 0) is 12.1 Å². The number of anilines is 1. The monoisotopic (exact) mass is 270 g/mol. The van der Waals surface area contributed by atoms with Gasteiger partial charge in [-0.3, -0.25) is 4.79 Å². The van der Waals surface area contributed by atoms with Crippen molar-refractivity contribution in [1.29, 1.82) is 0 Å². The molecule has 1 heterocycles. The van der Waals surface area contributed by atoms with Gasteiger partial charge in [0.25, 0.3) is 0 Å². The number of hydrogen-bond donors (Lipinski definition) is 1. The quantitative estimate of drug-likeness (QED) is 0.857. The normalized spacial score (nSPS) is 12.1. The second-order valence-electron chi connectivity index (χ2n) is 3.09. The molecule has 0 atom stereocenters. The predicted octanol–water partition coefficient (Wildman–Crippen LogP) is 2.23. The van der Waals surface area contributed by atoms with E-state index < -0.39 is 18.0 Å². The summed E-state index contributed by atoms with van der Waals surface area (Å²) >= 11 is 0. The molecule has 0 aromatic carbocycles. The molecular formula is C9H7F5N2O2. The van der Waals surface area contributed by atoms with Crippen LogP contribution in [0.1, 0.15) is 0 Å². The van der Waals surface area contributed by atoms with E-state index in [0.29, 0.717) is 0 Å². The molecule has 1 aromatic heterocycles. The molecule has 18 heavy (non-hydrogen) atoms. The highest BCUT2D eigenvalue weighted by atomic mass is 19.4. The smallest absolute Gasteiger partial charge is 0.463 e. The van der Waals surface area contributed by atoms with Crippen LogP contribution in [-0.4, -0.2) is 30.1 Å². The van der Waals surface area contributed by atoms with E-state index in [2.05, 4.69) is 9.72 Å². The third-order valence-electron chi connectivity index (χ3n) is 1.85. The fourth-order valence-electron chi connectivity index (χ4n) is 0.978. The molecule has 0 bridgehead atoms. The Labute approximate surface area is 97.8 Å². The van der Waals surface area contributed by atoms with Crippen molar-refractivity contribution in [3.63, 3.8) is 0 Å². The number of hydrogen-bond acceptors (Lipinski definition) is 3. The summed E-state index contributed by atoms with van der Waals surface area (Å²) in [5, 5.41) is 1.41. The van der Waals surface area contributed by atoms with Gasteiger partial charge in [-0.1, -0.05) is 0 Å². The van der Waals surface area contributed by atoms with Gasteiger partial charge in [0.15, 0.2) is 0 Å². The Morgan fingerprint density at radius 2 is 1.94 bits per heavy atom. The van der Waals surface area contributed by atoms with E-state index in [1.165, 1.54) is 17.6 Å². The summed E-state index contributed by atoms with van der Waals surface area (Å²) in [5.74, 6) is -8.27. The minimum Gasteiger partial charge on any atom is -0.480 e. The van der Waals surface area contributed by atoms with Gasteiger partial charge in [-0.25, -0.2) is 4.98 Å². The van der Waals surface area contributed by atoms with Crippen LogP contribution in [0, 0.1) is 0 Å². The van der Waals surface area contributed by atoms with Gasteiger partial charge in [0.2, 0.25) is 5.88 Å². The first kappa shape index (κ1) is 14.1. The lowest BCUT2D eigenvalue weighted by atomic mass is 10.3. The van der Waals surface area contributed by atoms with E-state index in [4.69, 9.17) is 0 Å². The molecule has 0 aliphatic carbocycles. The third-order valence-corrected chi connectivity index (χ3v) is 1.85. The zero-order valence-electron chi connectivity index (χ0n) is 8.89. The Bertz CT molecular complexity index is 447. The molecule has 0 spiro atoms. The van der Waals surface area contributed by atoms with Gasteiger partial charge in [0, 0.05) is 6.20 Å². The number of amides is 1. The Hall–Kier alpha value is -1.93. The van der Waals surface area contributed by atoms with Crippen molar-refractivity contribution in [2.75, 3.05) is 12.4 Å².